The molecule has 0 saturated carbocycles. The number of carbonyl (C=O) groups excluding carboxylic acids is 1. The fraction of sp³-hybridized carbons (Fsp3) is 0.917. The molecule has 0 aromatic carbocycles. The Bertz CT molecular complexity index is 209. The molecule has 0 radical (unpaired) electrons. The zero-order valence-electron chi connectivity index (χ0n) is 10.4. The van der Waals surface area contributed by atoms with E-state index in [4.69, 9.17) is 4.74 Å². The van der Waals surface area contributed by atoms with Crippen molar-refractivity contribution in [1.82, 2.24) is 10.6 Å². The van der Waals surface area contributed by atoms with Crippen LogP contribution >= 0.6 is 0 Å². The molecule has 2 atom stereocenters. The lowest BCUT2D eigenvalue weighted by Gasteiger charge is -2.16. The molecule has 2 unspecified atom stereocenters. The molecule has 2 N–H and O–H groups in total. The summed E-state index contributed by atoms with van der Waals surface area (Å²) < 4.78 is 5.50. The SMILES string of the molecule is CCCNCCNC(=O)C1CCOC1CC. The van der Waals surface area contributed by atoms with E-state index in [1.807, 2.05) is 0 Å². The summed E-state index contributed by atoms with van der Waals surface area (Å²) in [5, 5.41) is 6.23. The van der Waals surface area contributed by atoms with E-state index in [1.165, 1.54) is 0 Å². The molecule has 0 aromatic rings. The van der Waals surface area contributed by atoms with Crippen LogP contribution in [0.3, 0.4) is 0 Å². The zero-order chi connectivity index (χ0) is 11.8. The monoisotopic (exact) mass is 228 g/mol. The van der Waals surface area contributed by atoms with Crippen molar-refractivity contribution < 1.29 is 9.53 Å². The van der Waals surface area contributed by atoms with Gasteiger partial charge in [0.05, 0.1) is 12.0 Å². The summed E-state index contributed by atoms with van der Waals surface area (Å²) in [5.41, 5.74) is 0. The lowest BCUT2D eigenvalue weighted by Crippen LogP contribution is -2.38. The summed E-state index contributed by atoms with van der Waals surface area (Å²) in [5.74, 6) is 0.221. The van der Waals surface area contributed by atoms with Crippen LogP contribution in [-0.4, -0.2) is 38.3 Å². The Morgan fingerprint density at radius 1 is 1.31 bits per heavy atom. The molecule has 1 aliphatic rings. The van der Waals surface area contributed by atoms with Gasteiger partial charge in [-0.2, -0.15) is 0 Å². The topological polar surface area (TPSA) is 50.4 Å². The van der Waals surface area contributed by atoms with Crippen LogP contribution < -0.4 is 10.6 Å². The van der Waals surface area contributed by atoms with Gasteiger partial charge < -0.3 is 15.4 Å². The second kappa shape index (κ2) is 7.63. The maximum Gasteiger partial charge on any atom is 0.225 e. The van der Waals surface area contributed by atoms with E-state index in [0.29, 0.717) is 6.54 Å². The van der Waals surface area contributed by atoms with Crippen LogP contribution in [0.1, 0.15) is 33.1 Å². The van der Waals surface area contributed by atoms with Gasteiger partial charge in [0.1, 0.15) is 0 Å². The molecular formula is C12H24N2O2. The molecule has 16 heavy (non-hydrogen) atoms. The van der Waals surface area contributed by atoms with Crippen molar-refractivity contribution >= 4 is 5.91 Å². The van der Waals surface area contributed by atoms with E-state index in [1.54, 1.807) is 0 Å². The number of rotatable bonds is 7. The highest BCUT2D eigenvalue weighted by atomic mass is 16.5. The molecule has 1 fully saturated rings. The van der Waals surface area contributed by atoms with Gasteiger partial charge in [-0.25, -0.2) is 0 Å². The molecular weight excluding hydrogens is 204 g/mol. The van der Waals surface area contributed by atoms with Crippen LogP contribution in [0.4, 0.5) is 0 Å². The van der Waals surface area contributed by atoms with Crippen molar-refractivity contribution in [3.63, 3.8) is 0 Å². The second-order valence-corrected chi connectivity index (χ2v) is 4.25. The van der Waals surface area contributed by atoms with Gasteiger partial charge in [0.2, 0.25) is 5.91 Å². The van der Waals surface area contributed by atoms with Crippen LogP contribution in [0, 0.1) is 5.92 Å². The minimum atomic E-state index is 0.0659. The van der Waals surface area contributed by atoms with Gasteiger partial charge in [0.25, 0.3) is 0 Å². The Labute approximate surface area is 98.1 Å². The molecule has 0 spiro atoms. The van der Waals surface area contributed by atoms with E-state index >= 15 is 0 Å². The fourth-order valence-electron chi connectivity index (χ4n) is 2.06. The zero-order valence-corrected chi connectivity index (χ0v) is 10.4. The predicted molar refractivity (Wildman–Crippen MR) is 64.3 cm³/mol. The normalized spacial score (nSPS) is 24.6. The van der Waals surface area contributed by atoms with E-state index < -0.39 is 0 Å². The number of hydrogen-bond acceptors (Lipinski definition) is 3. The maximum absolute atomic E-state index is 11.8. The first-order valence-corrected chi connectivity index (χ1v) is 6.39. The molecule has 1 amide bonds. The molecule has 0 aromatic heterocycles. The second-order valence-electron chi connectivity index (χ2n) is 4.25. The lowest BCUT2D eigenvalue weighted by atomic mass is 9.99. The third kappa shape index (κ3) is 4.10. The summed E-state index contributed by atoms with van der Waals surface area (Å²) in [4.78, 5) is 11.8. The summed E-state index contributed by atoms with van der Waals surface area (Å²) in [6.45, 7) is 7.51. The predicted octanol–water partition coefficient (Wildman–Crippen LogP) is 0.917. The minimum absolute atomic E-state index is 0.0659. The standard InChI is InChI=1S/C12H24N2O2/c1-3-6-13-7-8-14-12(15)10-5-9-16-11(10)4-2/h10-11,13H,3-9H2,1-2H3,(H,14,15). The van der Waals surface area contributed by atoms with Crippen molar-refractivity contribution in [1.29, 1.82) is 0 Å². The van der Waals surface area contributed by atoms with E-state index in [9.17, 15) is 4.79 Å². The highest BCUT2D eigenvalue weighted by Crippen LogP contribution is 2.23. The van der Waals surface area contributed by atoms with Gasteiger partial charge in [-0.15, -0.1) is 0 Å². The van der Waals surface area contributed by atoms with Crippen molar-refractivity contribution in [3.8, 4) is 0 Å². The molecule has 4 heteroatoms. The molecule has 1 heterocycles. The van der Waals surface area contributed by atoms with Gasteiger partial charge in [-0.3, -0.25) is 4.79 Å². The Kier molecular flexibility index (Phi) is 6.42. The van der Waals surface area contributed by atoms with Gasteiger partial charge in [-0.05, 0) is 25.8 Å². The van der Waals surface area contributed by atoms with Gasteiger partial charge >= 0.3 is 0 Å². The minimum Gasteiger partial charge on any atom is -0.377 e. The van der Waals surface area contributed by atoms with E-state index in [2.05, 4.69) is 24.5 Å². The van der Waals surface area contributed by atoms with Gasteiger partial charge in [0, 0.05) is 19.7 Å². The van der Waals surface area contributed by atoms with Gasteiger partial charge in [0.15, 0.2) is 0 Å². The van der Waals surface area contributed by atoms with Crippen LogP contribution in [0.25, 0.3) is 0 Å². The summed E-state index contributed by atoms with van der Waals surface area (Å²) >= 11 is 0. The van der Waals surface area contributed by atoms with Crippen molar-refractivity contribution in [2.24, 2.45) is 5.92 Å². The largest absolute Gasteiger partial charge is 0.377 e. The van der Waals surface area contributed by atoms with Crippen molar-refractivity contribution in [2.75, 3.05) is 26.2 Å². The molecule has 1 saturated heterocycles. The average Bonchev–Trinajstić information content (AvgIpc) is 2.76. The van der Waals surface area contributed by atoms with E-state index in [-0.39, 0.29) is 17.9 Å². The Morgan fingerprint density at radius 3 is 2.81 bits per heavy atom. The number of amides is 1. The first kappa shape index (κ1) is 13.5. The third-order valence-electron chi connectivity index (χ3n) is 2.98. The summed E-state index contributed by atoms with van der Waals surface area (Å²) in [6, 6.07) is 0. The Hall–Kier alpha value is -0.610. The first-order chi connectivity index (χ1) is 7.79. The van der Waals surface area contributed by atoms with Gasteiger partial charge in [-0.1, -0.05) is 13.8 Å². The lowest BCUT2D eigenvalue weighted by molar-refractivity contribution is -0.126. The fourth-order valence-corrected chi connectivity index (χ4v) is 2.06. The Morgan fingerprint density at radius 2 is 2.12 bits per heavy atom. The van der Waals surface area contributed by atoms with Crippen molar-refractivity contribution in [2.45, 2.75) is 39.2 Å². The average molecular weight is 228 g/mol. The molecule has 4 nitrogen and oxygen atoms in total. The first-order valence-electron chi connectivity index (χ1n) is 6.39. The number of carbonyl (C=O) groups is 1. The maximum atomic E-state index is 11.8. The summed E-state index contributed by atoms with van der Waals surface area (Å²) in [6.07, 6.45) is 3.05. The van der Waals surface area contributed by atoms with Crippen LogP contribution in [0.5, 0.6) is 0 Å². The molecule has 1 aliphatic heterocycles. The quantitative estimate of drug-likeness (QED) is 0.637. The Balaban J connectivity index is 2.14. The summed E-state index contributed by atoms with van der Waals surface area (Å²) in [7, 11) is 0. The number of ether oxygens (including phenoxy) is 1. The van der Waals surface area contributed by atoms with E-state index in [0.717, 1.165) is 39.0 Å². The molecule has 0 bridgehead atoms. The smallest absolute Gasteiger partial charge is 0.225 e. The number of hydrogen-bond donors (Lipinski definition) is 2. The van der Waals surface area contributed by atoms with Crippen LogP contribution in [-0.2, 0) is 9.53 Å². The number of nitrogens with one attached hydrogen (secondary N) is 2. The third-order valence-corrected chi connectivity index (χ3v) is 2.98. The molecule has 1 rings (SSSR count). The van der Waals surface area contributed by atoms with Crippen molar-refractivity contribution in [3.05, 3.63) is 0 Å². The van der Waals surface area contributed by atoms with Crippen LogP contribution in [0.2, 0.25) is 0 Å². The highest BCUT2D eigenvalue weighted by Gasteiger charge is 2.32. The molecule has 0 aliphatic carbocycles. The highest BCUT2D eigenvalue weighted by molar-refractivity contribution is 5.79. The molecule has 94 valence electrons. The van der Waals surface area contributed by atoms with Crippen LogP contribution in [0.15, 0.2) is 0 Å².